The number of pyridine rings is 1. The number of aromatic nitrogens is 1. The molecule has 1 saturated heterocycles. The monoisotopic (exact) mass is 245 g/mol. The molecular formula is C9H9Cl2N3O. The summed E-state index contributed by atoms with van der Waals surface area (Å²) in [6.07, 6.45) is 0.315. The quantitative estimate of drug-likeness (QED) is 0.605. The van der Waals surface area contributed by atoms with Crippen LogP contribution in [0.5, 0.6) is 0 Å². The predicted molar refractivity (Wildman–Crippen MR) is 60.3 cm³/mol. The fourth-order valence-electron chi connectivity index (χ4n) is 1.52. The van der Waals surface area contributed by atoms with Crippen molar-refractivity contribution in [2.24, 2.45) is 0 Å². The van der Waals surface area contributed by atoms with E-state index in [0.29, 0.717) is 29.6 Å². The summed E-state index contributed by atoms with van der Waals surface area (Å²) < 4.78 is 0. The predicted octanol–water partition coefficient (Wildman–Crippen LogP) is 1.66. The van der Waals surface area contributed by atoms with Crippen molar-refractivity contribution in [3.8, 4) is 0 Å². The van der Waals surface area contributed by atoms with Gasteiger partial charge in [0.15, 0.2) is 5.82 Å². The third kappa shape index (κ3) is 2.01. The van der Waals surface area contributed by atoms with Crippen molar-refractivity contribution in [1.29, 1.82) is 0 Å². The van der Waals surface area contributed by atoms with Crippen molar-refractivity contribution in [2.75, 3.05) is 17.2 Å². The van der Waals surface area contributed by atoms with Gasteiger partial charge < -0.3 is 5.73 Å². The topological polar surface area (TPSA) is 59.2 Å². The summed E-state index contributed by atoms with van der Waals surface area (Å²) in [5, 5.41) is 0.128. The Labute approximate surface area is 97.0 Å². The fourth-order valence-corrected chi connectivity index (χ4v) is 1.93. The molecule has 6 heteroatoms. The molecule has 2 rings (SSSR count). The molecule has 0 bridgehead atoms. The number of anilines is 2. The number of carbonyl (C=O) groups is 1. The van der Waals surface area contributed by atoms with E-state index in [2.05, 4.69) is 4.98 Å². The van der Waals surface area contributed by atoms with Gasteiger partial charge in [-0.25, -0.2) is 4.98 Å². The number of alkyl halides is 1. The molecule has 1 unspecified atom stereocenters. The summed E-state index contributed by atoms with van der Waals surface area (Å²) in [6.45, 7) is 0.429. The summed E-state index contributed by atoms with van der Waals surface area (Å²) in [5.74, 6) is 0.326. The molecular weight excluding hydrogens is 237 g/mol. The molecule has 1 aromatic rings. The standard InChI is InChI=1S/C9H9Cl2N3O/c10-5-3-8(15)14(4-5)9-6(12)1-2-7(11)13-9/h1-2,5H,3-4,12H2. The van der Waals surface area contributed by atoms with Gasteiger partial charge in [0.1, 0.15) is 5.15 Å². The van der Waals surface area contributed by atoms with Crippen LogP contribution in [0, 0.1) is 0 Å². The number of halogens is 2. The summed E-state index contributed by atoms with van der Waals surface area (Å²) >= 11 is 11.6. The van der Waals surface area contributed by atoms with Crippen LogP contribution in [0.3, 0.4) is 0 Å². The Kier molecular flexibility index (Phi) is 2.71. The van der Waals surface area contributed by atoms with Crippen molar-refractivity contribution < 1.29 is 4.79 Å². The smallest absolute Gasteiger partial charge is 0.229 e. The number of amides is 1. The largest absolute Gasteiger partial charge is 0.396 e. The summed E-state index contributed by atoms with van der Waals surface area (Å²) in [6, 6.07) is 3.21. The zero-order chi connectivity index (χ0) is 11.0. The summed E-state index contributed by atoms with van der Waals surface area (Å²) in [4.78, 5) is 17.0. The minimum atomic E-state index is -0.183. The SMILES string of the molecule is Nc1ccc(Cl)nc1N1CC(Cl)CC1=O. The van der Waals surface area contributed by atoms with Crippen LogP contribution >= 0.6 is 23.2 Å². The van der Waals surface area contributed by atoms with Gasteiger partial charge in [-0.2, -0.15) is 0 Å². The molecule has 0 aromatic carbocycles. The van der Waals surface area contributed by atoms with E-state index >= 15 is 0 Å². The number of hydrogen-bond donors (Lipinski definition) is 1. The highest BCUT2D eigenvalue weighted by Crippen LogP contribution is 2.28. The highest BCUT2D eigenvalue weighted by Gasteiger charge is 2.31. The van der Waals surface area contributed by atoms with Gasteiger partial charge >= 0.3 is 0 Å². The average Bonchev–Trinajstić information content (AvgIpc) is 2.50. The van der Waals surface area contributed by atoms with Gasteiger partial charge in [0.2, 0.25) is 5.91 Å². The molecule has 1 fully saturated rings. The van der Waals surface area contributed by atoms with Gasteiger partial charge in [0.05, 0.1) is 11.1 Å². The Hall–Kier alpha value is -1.00. The van der Waals surface area contributed by atoms with E-state index in [0.717, 1.165) is 0 Å². The van der Waals surface area contributed by atoms with Gasteiger partial charge in [-0.1, -0.05) is 11.6 Å². The first-order chi connectivity index (χ1) is 7.08. The second-order valence-electron chi connectivity index (χ2n) is 3.35. The van der Waals surface area contributed by atoms with Crippen LogP contribution in [-0.2, 0) is 4.79 Å². The van der Waals surface area contributed by atoms with Crippen LogP contribution in [0.15, 0.2) is 12.1 Å². The van der Waals surface area contributed by atoms with Crippen molar-refractivity contribution in [3.63, 3.8) is 0 Å². The molecule has 1 amide bonds. The molecule has 1 aromatic heterocycles. The van der Waals surface area contributed by atoms with Crippen molar-refractivity contribution >= 4 is 40.6 Å². The zero-order valence-electron chi connectivity index (χ0n) is 7.78. The van der Waals surface area contributed by atoms with Gasteiger partial charge in [-0.3, -0.25) is 9.69 Å². The van der Waals surface area contributed by atoms with Gasteiger partial charge in [-0.15, -0.1) is 11.6 Å². The van der Waals surface area contributed by atoms with Gasteiger partial charge in [0, 0.05) is 13.0 Å². The van der Waals surface area contributed by atoms with Gasteiger partial charge in [0.25, 0.3) is 0 Å². The fraction of sp³-hybridized carbons (Fsp3) is 0.333. The second-order valence-corrected chi connectivity index (χ2v) is 4.36. The third-order valence-electron chi connectivity index (χ3n) is 2.20. The van der Waals surface area contributed by atoms with Crippen LogP contribution in [0.4, 0.5) is 11.5 Å². The minimum absolute atomic E-state index is 0.0727. The van der Waals surface area contributed by atoms with Crippen molar-refractivity contribution in [3.05, 3.63) is 17.3 Å². The number of rotatable bonds is 1. The lowest BCUT2D eigenvalue weighted by Gasteiger charge is -2.16. The average molecular weight is 246 g/mol. The Morgan fingerprint density at radius 2 is 2.27 bits per heavy atom. The Morgan fingerprint density at radius 1 is 1.53 bits per heavy atom. The lowest BCUT2D eigenvalue weighted by Crippen LogP contribution is -2.26. The minimum Gasteiger partial charge on any atom is -0.396 e. The van der Waals surface area contributed by atoms with Gasteiger partial charge in [-0.05, 0) is 12.1 Å². The molecule has 4 nitrogen and oxygen atoms in total. The lowest BCUT2D eigenvalue weighted by atomic mass is 10.3. The molecule has 1 atom stereocenters. The molecule has 1 aliphatic heterocycles. The Morgan fingerprint density at radius 3 is 2.87 bits per heavy atom. The second kappa shape index (κ2) is 3.87. The first-order valence-electron chi connectivity index (χ1n) is 4.44. The Bertz CT molecular complexity index is 410. The van der Waals surface area contributed by atoms with Crippen LogP contribution in [-0.4, -0.2) is 22.8 Å². The molecule has 15 heavy (non-hydrogen) atoms. The van der Waals surface area contributed by atoms with E-state index in [9.17, 15) is 4.79 Å². The molecule has 1 aliphatic rings. The Balaban J connectivity index is 2.37. The maximum Gasteiger partial charge on any atom is 0.229 e. The normalized spacial score (nSPS) is 21.1. The summed E-state index contributed by atoms with van der Waals surface area (Å²) in [7, 11) is 0. The maximum absolute atomic E-state index is 11.6. The van der Waals surface area contributed by atoms with E-state index in [1.54, 1.807) is 12.1 Å². The molecule has 2 heterocycles. The van der Waals surface area contributed by atoms with Crippen LogP contribution in [0.25, 0.3) is 0 Å². The maximum atomic E-state index is 11.6. The van der Waals surface area contributed by atoms with Crippen LogP contribution in [0.1, 0.15) is 6.42 Å². The molecule has 0 radical (unpaired) electrons. The van der Waals surface area contributed by atoms with E-state index in [1.807, 2.05) is 0 Å². The first-order valence-corrected chi connectivity index (χ1v) is 5.26. The van der Waals surface area contributed by atoms with E-state index in [1.165, 1.54) is 4.90 Å². The molecule has 80 valence electrons. The number of nitrogens with two attached hydrogens (primary N) is 1. The lowest BCUT2D eigenvalue weighted by molar-refractivity contribution is -0.117. The van der Waals surface area contributed by atoms with Crippen LogP contribution in [0.2, 0.25) is 5.15 Å². The molecule has 0 aliphatic carbocycles. The van der Waals surface area contributed by atoms with Crippen LogP contribution < -0.4 is 10.6 Å². The number of hydrogen-bond acceptors (Lipinski definition) is 3. The van der Waals surface area contributed by atoms with Crippen molar-refractivity contribution in [2.45, 2.75) is 11.8 Å². The number of carbonyl (C=O) groups excluding carboxylic acids is 1. The molecule has 0 spiro atoms. The van der Waals surface area contributed by atoms with Crippen molar-refractivity contribution in [1.82, 2.24) is 4.98 Å². The molecule has 0 saturated carbocycles. The first kappa shape index (κ1) is 10.5. The number of nitrogens with zero attached hydrogens (tertiary/aromatic N) is 2. The highest BCUT2D eigenvalue weighted by atomic mass is 35.5. The summed E-state index contributed by atoms with van der Waals surface area (Å²) in [5.41, 5.74) is 6.15. The zero-order valence-corrected chi connectivity index (χ0v) is 9.29. The van der Waals surface area contributed by atoms with E-state index in [4.69, 9.17) is 28.9 Å². The third-order valence-corrected chi connectivity index (χ3v) is 2.71. The van der Waals surface area contributed by atoms with E-state index < -0.39 is 0 Å². The molecule has 2 N–H and O–H groups in total. The van der Waals surface area contributed by atoms with E-state index in [-0.39, 0.29) is 11.3 Å². The highest BCUT2D eigenvalue weighted by molar-refractivity contribution is 6.29. The number of nitrogen functional groups attached to an aromatic ring is 1.